The van der Waals surface area contributed by atoms with Crippen molar-refractivity contribution in [2.75, 3.05) is 39.5 Å². The van der Waals surface area contributed by atoms with Crippen molar-refractivity contribution in [3.05, 3.63) is 105 Å². The third-order valence-corrected chi connectivity index (χ3v) is 16.7. The Morgan fingerprint density at radius 1 is 0.857 bits per heavy atom. The Balaban J connectivity index is 0.790. The van der Waals surface area contributed by atoms with E-state index in [9.17, 15) is 57.8 Å². The summed E-state index contributed by atoms with van der Waals surface area (Å²) >= 11 is 0. The van der Waals surface area contributed by atoms with Crippen LogP contribution < -0.4 is 21.7 Å². The molecule has 1 aromatic heterocycles. The lowest BCUT2D eigenvalue weighted by Crippen LogP contribution is -2.49. The molecule has 2 aromatic carbocycles. The average molecular weight is 1150 g/mol. The SMILES string of the molecule is CC[C@@]1(O)C(=O)OC(=O)C2=C1C=C1c3nc4cc(C)c(C)c5c4c(c3CN1C2)[C@@H](CC(=O)COCNC(=O)CCC(=O)[C@H](Cc1ccccc1)NC(=O)CCC(=O)CNC(=O)[C@H](CCCCN)CC(=O)CCCCCN1C(=O)C=CC1=O)CC5. The molecular formula is C63H75N7O14. The number of imide groups is 1. The van der Waals surface area contributed by atoms with Gasteiger partial charge in [-0.25, -0.2) is 14.6 Å². The molecule has 6 N–H and O–H groups in total. The van der Waals surface area contributed by atoms with Crippen molar-refractivity contribution in [3.63, 3.8) is 0 Å². The Hall–Kier alpha value is -7.88. The van der Waals surface area contributed by atoms with Gasteiger partial charge >= 0.3 is 11.9 Å². The molecule has 4 aliphatic heterocycles. The summed E-state index contributed by atoms with van der Waals surface area (Å²) in [6, 6.07) is 10.0. The van der Waals surface area contributed by atoms with E-state index in [1.165, 1.54) is 17.7 Å². The number of cyclic esters (lactones) is 2. The van der Waals surface area contributed by atoms with Crippen molar-refractivity contribution in [2.24, 2.45) is 11.7 Å². The number of esters is 2. The molecular weight excluding hydrogens is 1080 g/mol. The smallest absolute Gasteiger partial charge is 0.350 e. The number of carbonyl (C=O) groups excluding carboxylic acids is 11. The van der Waals surface area contributed by atoms with Gasteiger partial charge in [-0.05, 0) is 118 Å². The maximum Gasteiger partial charge on any atom is 0.350 e. The second-order valence-electron chi connectivity index (χ2n) is 22.5. The number of ether oxygens (including phenoxy) is 2. The van der Waals surface area contributed by atoms with Gasteiger partial charge in [-0.15, -0.1) is 0 Å². The van der Waals surface area contributed by atoms with Crippen LogP contribution in [0.2, 0.25) is 0 Å². The minimum atomic E-state index is -1.98. The minimum Gasteiger partial charge on any atom is -0.387 e. The molecule has 21 heteroatoms. The van der Waals surface area contributed by atoms with Crippen molar-refractivity contribution >= 4 is 81.2 Å². The number of unbranched alkanes of at least 4 members (excludes halogenated alkanes) is 3. The molecule has 21 nitrogen and oxygen atoms in total. The van der Waals surface area contributed by atoms with E-state index < -0.39 is 58.8 Å². The lowest BCUT2D eigenvalue weighted by molar-refractivity contribution is -0.172. The molecule has 3 aromatic rings. The number of hydrogen-bond acceptors (Lipinski definition) is 17. The quantitative estimate of drug-likeness (QED) is 0.0191. The Kier molecular flexibility index (Phi) is 20.8. The molecule has 0 spiro atoms. The largest absolute Gasteiger partial charge is 0.387 e. The molecule has 0 radical (unpaired) electrons. The molecule has 5 aliphatic rings. The third-order valence-electron chi connectivity index (χ3n) is 16.7. The standard InChI is InChI=1S/C63H75N7O14/c1-4-63(82)48-31-51-59-47(34-69(51)33-46(48)61(80)84-62(63)81)57-40(17-19-45-38(3)37(2)27-50(68-59)58(45)57)29-44(73)35-83-36-66-53(75)22-20-52(74)49(28-39-13-7-5-8-14-39)67-54(76)21-18-43(72)32-65-60(79)41(15-10-11-25-64)30-42(71)16-9-6-12-26-70-55(77)23-24-56(70)78/h5,7-8,13-14,23-24,27,31,40-41,49,82H,4,6,9-12,15-22,25-26,28-30,32-36,64H2,1-3H3,(H,65,79)(H,66,75)(H,67,76)/t40-,41-,49+,63+/m1/s1. The highest BCUT2D eigenvalue weighted by Gasteiger charge is 2.50. The van der Waals surface area contributed by atoms with Gasteiger partial charge < -0.3 is 41.2 Å². The molecule has 446 valence electrons. The lowest BCUT2D eigenvalue weighted by atomic mass is 9.76. The van der Waals surface area contributed by atoms with Gasteiger partial charge in [0.2, 0.25) is 17.7 Å². The third kappa shape index (κ3) is 14.7. The Morgan fingerprint density at radius 2 is 1.61 bits per heavy atom. The van der Waals surface area contributed by atoms with E-state index in [2.05, 4.69) is 22.9 Å². The number of aromatic nitrogens is 1. The first-order chi connectivity index (χ1) is 40.3. The number of nitrogens with one attached hydrogen (secondary N) is 3. The Morgan fingerprint density at radius 3 is 2.35 bits per heavy atom. The van der Waals surface area contributed by atoms with Gasteiger partial charge in [0.1, 0.15) is 19.1 Å². The number of ketones is 4. The van der Waals surface area contributed by atoms with Crippen LogP contribution in [-0.2, 0) is 81.6 Å². The second kappa shape index (κ2) is 28.1. The van der Waals surface area contributed by atoms with Crippen molar-refractivity contribution in [3.8, 4) is 0 Å². The van der Waals surface area contributed by atoms with Gasteiger partial charge in [-0.1, -0.05) is 50.1 Å². The molecule has 8 rings (SSSR count). The summed E-state index contributed by atoms with van der Waals surface area (Å²) in [5.74, 6) is -6.10. The predicted molar refractivity (Wildman–Crippen MR) is 307 cm³/mol. The maximum absolute atomic E-state index is 13.7. The second-order valence-corrected chi connectivity index (χ2v) is 22.5. The van der Waals surface area contributed by atoms with E-state index in [0.29, 0.717) is 69.4 Å². The predicted octanol–water partition coefficient (Wildman–Crippen LogP) is 4.35. The summed E-state index contributed by atoms with van der Waals surface area (Å²) in [5, 5.41) is 20.4. The zero-order valence-electron chi connectivity index (χ0n) is 48.1. The summed E-state index contributed by atoms with van der Waals surface area (Å²) in [6.45, 7) is 6.00. The number of nitrogens with two attached hydrogens (primary N) is 1. The number of aliphatic hydroxyl groups is 1. The van der Waals surface area contributed by atoms with E-state index in [4.69, 9.17) is 20.2 Å². The zero-order chi connectivity index (χ0) is 60.2. The molecule has 5 amide bonds. The van der Waals surface area contributed by atoms with Crippen LogP contribution in [-0.4, -0.2) is 136 Å². The molecule has 0 saturated heterocycles. The first kappa shape index (κ1) is 62.2. The fourth-order valence-electron chi connectivity index (χ4n) is 11.9. The van der Waals surface area contributed by atoms with E-state index >= 15 is 0 Å². The molecule has 84 heavy (non-hydrogen) atoms. The van der Waals surface area contributed by atoms with Crippen molar-refractivity contribution in [2.45, 2.75) is 154 Å². The Labute approximate surface area is 487 Å². The summed E-state index contributed by atoms with van der Waals surface area (Å²) < 4.78 is 10.7. The van der Waals surface area contributed by atoms with E-state index in [1.54, 1.807) is 37.3 Å². The maximum atomic E-state index is 13.7. The van der Waals surface area contributed by atoms with Gasteiger partial charge in [-0.2, -0.15) is 0 Å². The summed E-state index contributed by atoms with van der Waals surface area (Å²) in [7, 11) is 0. The van der Waals surface area contributed by atoms with Crippen molar-refractivity contribution in [1.29, 1.82) is 0 Å². The van der Waals surface area contributed by atoms with Crippen LogP contribution in [0.15, 0.2) is 65.8 Å². The topological polar surface area (TPSA) is 308 Å². The number of hydrogen-bond donors (Lipinski definition) is 5. The van der Waals surface area contributed by atoms with Crippen LogP contribution in [0.25, 0.3) is 16.6 Å². The Bertz CT molecular complexity index is 3220. The number of amides is 5. The van der Waals surface area contributed by atoms with Crippen molar-refractivity contribution < 1.29 is 67.3 Å². The van der Waals surface area contributed by atoms with Gasteiger partial charge in [0, 0.05) is 92.6 Å². The van der Waals surface area contributed by atoms with Gasteiger partial charge in [-0.3, -0.25) is 48.1 Å². The zero-order valence-corrected chi connectivity index (χ0v) is 48.1. The first-order valence-electron chi connectivity index (χ1n) is 29.2. The lowest BCUT2D eigenvalue weighted by Gasteiger charge is -2.36. The van der Waals surface area contributed by atoms with Crippen LogP contribution in [0.3, 0.4) is 0 Å². The normalized spacial score (nSPS) is 18.4. The number of pyridine rings is 1. The van der Waals surface area contributed by atoms with Crippen LogP contribution in [0.4, 0.5) is 0 Å². The first-order valence-corrected chi connectivity index (χ1v) is 29.2. The van der Waals surface area contributed by atoms with Crippen LogP contribution >= 0.6 is 0 Å². The fraction of sp³-hybridized carbons (Fsp3) is 0.492. The number of nitrogens with zero attached hydrogens (tertiary/aromatic N) is 3. The molecule has 4 atom stereocenters. The molecule has 5 heterocycles. The highest BCUT2D eigenvalue weighted by Crippen LogP contribution is 2.49. The number of Topliss-reactive ketones (excluding diaryl/α,β-unsaturated/α-hetero) is 4. The van der Waals surface area contributed by atoms with Crippen LogP contribution in [0.5, 0.6) is 0 Å². The highest BCUT2D eigenvalue weighted by atomic mass is 16.6. The minimum absolute atomic E-state index is 0.00808. The average Bonchev–Trinajstić information content (AvgIpc) is 1.46. The van der Waals surface area contributed by atoms with Gasteiger partial charge in [0.15, 0.2) is 23.0 Å². The fourth-order valence-corrected chi connectivity index (χ4v) is 11.9. The molecule has 0 unspecified atom stereocenters. The summed E-state index contributed by atoms with van der Waals surface area (Å²) in [6.07, 6.45) is 8.37. The van der Waals surface area contributed by atoms with Crippen molar-refractivity contribution in [1.82, 2.24) is 30.7 Å². The number of rotatable bonds is 32. The number of aryl methyl sites for hydroxylation is 2. The molecule has 0 bridgehead atoms. The van der Waals surface area contributed by atoms with Crippen LogP contribution in [0, 0.1) is 19.8 Å². The van der Waals surface area contributed by atoms with E-state index in [0.717, 1.165) is 50.0 Å². The number of benzene rings is 2. The number of fused-ring (bicyclic) bond motifs is 4. The molecule has 0 fully saturated rings. The van der Waals surface area contributed by atoms with Gasteiger partial charge in [0.05, 0.1) is 41.6 Å². The number of carbonyl (C=O) groups is 11. The van der Waals surface area contributed by atoms with Gasteiger partial charge in [0.25, 0.3) is 11.8 Å². The molecule has 0 saturated carbocycles. The highest BCUT2D eigenvalue weighted by molar-refractivity contribution is 6.13. The monoisotopic (exact) mass is 1150 g/mol. The van der Waals surface area contributed by atoms with E-state index in [1.807, 2.05) is 24.0 Å². The molecule has 1 aliphatic carbocycles. The summed E-state index contributed by atoms with van der Waals surface area (Å²) in [5.41, 5.74) is 12.3. The summed E-state index contributed by atoms with van der Waals surface area (Å²) in [4.78, 5) is 150. The van der Waals surface area contributed by atoms with Crippen LogP contribution in [0.1, 0.15) is 148 Å². The van der Waals surface area contributed by atoms with E-state index in [-0.39, 0.29) is 131 Å².